The van der Waals surface area contributed by atoms with Gasteiger partial charge >= 0.3 is 25.7 Å². The molecule has 0 fully saturated rings. The third-order valence-electron chi connectivity index (χ3n) is 11.5. The van der Waals surface area contributed by atoms with Crippen molar-refractivity contribution in [2.75, 3.05) is 26.4 Å². The molecule has 0 aromatic heterocycles. The van der Waals surface area contributed by atoms with E-state index in [4.69, 9.17) is 23.3 Å². The maximum atomic E-state index is 12.9. The van der Waals surface area contributed by atoms with Crippen LogP contribution in [0.25, 0.3) is 0 Å². The highest BCUT2D eigenvalue weighted by Crippen LogP contribution is 2.43. The van der Waals surface area contributed by atoms with E-state index in [0.29, 0.717) is 19.3 Å². The van der Waals surface area contributed by atoms with Gasteiger partial charge in [0, 0.05) is 19.3 Å². The smallest absolute Gasteiger partial charge is 0.462 e. The van der Waals surface area contributed by atoms with Crippen molar-refractivity contribution in [2.24, 2.45) is 0 Å². The maximum absolute atomic E-state index is 12.9. The molecule has 0 spiro atoms. The fourth-order valence-corrected chi connectivity index (χ4v) is 7.95. The van der Waals surface area contributed by atoms with Gasteiger partial charge in [-0.1, -0.05) is 193 Å². The summed E-state index contributed by atoms with van der Waals surface area (Å²) in [5.74, 6) is -1.58. The van der Waals surface area contributed by atoms with E-state index in [9.17, 15) is 28.9 Å². The highest BCUT2D eigenvalue weighted by molar-refractivity contribution is 7.47. The molecule has 0 aliphatic rings. The van der Waals surface area contributed by atoms with Gasteiger partial charge in [0.2, 0.25) is 0 Å². The third kappa shape index (κ3) is 54.4. The molecule has 3 atom stereocenters. The Morgan fingerprint density at radius 2 is 0.684 bits per heavy atom. The van der Waals surface area contributed by atoms with Crippen molar-refractivity contribution in [2.45, 2.75) is 226 Å². The van der Waals surface area contributed by atoms with Gasteiger partial charge in [0.1, 0.15) is 12.7 Å². The zero-order valence-electron chi connectivity index (χ0n) is 47.4. The van der Waals surface area contributed by atoms with Gasteiger partial charge in [-0.05, 0) is 135 Å². The molecule has 0 aliphatic heterocycles. The van der Waals surface area contributed by atoms with Crippen LogP contribution in [0.5, 0.6) is 0 Å². The first kappa shape index (κ1) is 71.6. The topological polar surface area (TPSA) is 155 Å². The summed E-state index contributed by atoms with van der Waals surface area (Å²) in [6.07, 6.45) is 71.2. The number of carbonyl (C=O) groups excluding carboxylic acids is 3. The SMILES string of the molecule is CC/C=C\C/C=C\C/C=C\C/C=C\C/C=C\CCCCCC(=O)OC(COC(=O)CCCCCCC/C=C\C/C=C\CCCCC)COP(=O)(O)OCC(CO)OC(=O)CCCC/C=C\C/C=C\C/C=C\C/C=C\CC. The standard InChI is InChI=1S/C64H103O11P/c1-4-7-10-13-16-19-22-25-28-29-30-31-34-37-40-43-46-49-52-55-64(68)75-61(57-71-62(66)53-50-47-44-41-38-35-32-26-23-20-17-14-11-8-5-2)59-73-76(69,70)72-58-60(56-65)74-63(67)54-51-48-45-42-39-36-33-27-24-21-18-15-12-9-6-3/h7,9-10,12,16-21,25-28,30-33,37,39-40,42,60-61,65H,4-6,8,11,13-15,22-24,29,34-36,38,41,43-59H2,1-3H3,(H,69,70)/b10-7-,12-9-,19-16-,20-17-,21-18-,28-25-,31-30-,32-26-,33-27-,40-37-,42-39-. The first-order chi connectivity index (χ1) is 37.2. The van der Waals surface area contributed by atoms with Crippen LogP contribution in [0.1, 0.15) is 213 Å². The minimum absolute atomic E-state index is 0.114. The number of allylic oxidation sites excluding steroid dienone is 22. The summed E-state index contributed by atoms with van der Waals surface area (Å²) in [7, 11) is -4.78. The van der Waals surface area contributed by atoms with Crippen LogP contribution in [0.15, 0.2) is 134 Å². The van der Waals surface area contributed by atoms with Crippen LogP contribution < -0.4 is 0 Å². The minimum Gasteiger partial charge on any atom is -0.462 e. The second-order valence-corrected chi connectivity index (χ2v) is 20.1. The molecule has 11 nitrogen and oxygen atoms in total. The summed E-state index contributed by atoms with van der Waals surface area (Å²) in [6.45, 7) is 4.27. The minimum atomic E-state index is -4.78. The molecule has 2 N–H and O–H groups in total. The summed E-state index contributed by atoms with van der Waals surface area (Å²) >= 11 is 0. The van der Waals surface area contributed by atoms with Gasteiger partial charge in [-0.3, -0.25) is 23.4 Å². The van der Waals surface area contributed by atoms with Crippen LogP contribution in [-0.4, -0.2) is 66.5 Å². The molecular formula is C64H103O11P. The Morgan fingerprint density at radius 1 is 0.382 bits per heavy atom. The van der Waals surface area contributed by atoms with E-state index in [-0.39, 0.29) is 25.9 Å². The normalized spacial score (nSPS) is 14.3. The van der Waals surface area contributed by atoms with Gasteiger partial charge in [0.25, 0.3) is 0 Å². The van der Waals surface area contributed by atoms with Crippen molar-refractivity contribution in [3.63, 3.8) is 0 Å². The lowest BCUT2D eigenvalue weighted by Crippen LogP contribution is -2.30. The van der Waals surface area contributed by atoms with Crippen molar-refractivity contribution >= 4 is 25.7 Å². The summed E-state index contributed by atoms with van der Waals surface area (Å²) in [6, 6.07) is 0. The van der Waals surface area contributed by atoms with E-state index in [0.717, 1.165) is 135 Å². The molecule has 0 aromatic rings. The molecule has 0 rings (SSSR count). The zero-order chi connectivity index (χ0) is 55.5. The van der Waals surface area contributed by atoms with Crippen molar-refractivity contribution in [1.29, 1.82) is 0 Å². The van der Waals surface area contributed by atoms with E-state index in [1.54, 1.807) is 0 Å². The van der Waals surface area contributed by atoms with Gasteiger partial charge in [-0.15, -0.1) is 0 Å². The summed E-state index contributed by atoms with van der Waals surface area (Å²) in [4.78, 5) is 48.6. The van der Waals surface area contributed by atoms with Crippen molar-refractivity contribution in [1.82, 2.24) is 0 Å². The van der Waals surface area contributed by atoms with Crippen LogP contribution in [0, 0.1) is 0 Å². The molecule has 0 aliphatic carbocycles. The quantitative estimate of drug-likeness (QED) is 0.0197. The van der Waals surface area contributed by atoms with Crippen LogP contribution >= 0.6 is 7.82 Å². The van der Waals surface area contributed by atoms with Gasteiger partial charge in [0.15, 0.2) is 6.10 Å². The second kappa shape index (κ2) is 56.8. The monoisotopic (exact) mass is 1080 g/mol. The van der Waals surface area contributed by atoms with Gasteiger partial charge < -0.3 is 24.2 Å². The highest BCUT2D eigenvalue weighted by atomic mass is 31.2. The zero-order valence-corrected chi connectivity index (χ0v) is 48.3. The Balaban J connectivity index is 4.87. The second-order valence-electron chi connectivity index (χ2n) is 18.7. The van der Waals surface area contributed by atoms with E-state index in [2.05, 4.69) is 154 Å². The van der Waals surface area contributed by atoms with Gasteiger partial charge in [-0.25, -0.2) is 4.57 Å². The highest BCUT2D eigenvalue weighted by Gasteiger charge is 2.28. The number of hydrogen-bond donors (Lipinski definition) is 2. The number of carbonyl (C=O) groups is 3. The van der Waals surface area contributed by atoms with Crippen LogP contribution in [0.3, 0.4) is 0 Å². The molecule has 0 saturated heterocycles. The molecular weight excluding hydrogens is 976 g/mol. The van der Waals surface area contributed by atoms with Crippen LogP contribution in [0.2, 0.25) is 0 Å². The first-order valence-electron chi connectivity index (χ1n) is 29.1. The van der Waals surface area contributed by atoms with Crippen molar-refractivity contribution in [3.05, 3.63) is 134 Å². The van der Waals surface area contributed by atoms with Crippen molar-refractivity contribution in [3.8, 4) is 0 Å². The molecule has 0 amide bonds. The average molecular weight is 1080 g/mol. The van der Waals surface area contributed by atoms with Crippen LogP contribution in [-0.2, 0) is 42.2 Å². The average Bonchev–Trinajstić information content (AvgIpc) is 3.41. The predicted molar refractivity (Wildman–Crippen MR) is 316 cm³/mol. The molecule has 0 radical (unpaired) electrons. The summed E-state index contributed by atoms with van der Waals surface area (Å²) < 4.78 is 39.5. The summed E-state index contributed by atoms with van der Waals surface area (Å²) in [5.41, 5.74) is 0. The number of hydrogen-bond acceptors (Lipinski definition) is 10. The number of unbranched alkanes of at least 4 members (excludes halogenated alkanes) is 13. The van der Waals surface area contributed by atoms with Gasteiger partial charge in [-0.2, -0.15) is 0 Å². The molecule has 0 heterocycles. The first-order valence-corrected chi connectivity index (χ1v) is 30.6. The largest absolute Gasteiger partial charge is 0.472 e. The number of ether oxygens (including phenoxy) is 3. The molecule has 76 heavy (non-hydrogen) atoms. The van der Waals surface area contributed by atoms with E-state index < -0.39 is 57.8 Å². The Kier molecular flexibility index (Phi) is 53.5. The van der Waals surface area contributed by atoms with Gasteiger partial charge in [0.05, 0.1) is 19.8 Å². The lowest BCUT2D eigenvalue weighted by molar-refractivity contribution is -0.161. The number of aliphatic hydroxyl groups is 1. The Labute approximate surface area is 461 Å². The predicted octanol–water partition coefficient (Wildman–Crippen LogP) is 17.4. The number of rotatable bonds is 52. The number of esters is 3. The van der Waals surface area contributed by atoms with Crippen LogP contribution in [0.4, 0.5) is 0 Å². The third-order valence-corrected chi connectivity index (χ3v) is 12.5. The summed E-state index contributed by atoms with van der Waals surface area (Å²) in [5, 5.41) is 9.81. The van der Waals surface area contributed by atoms with Crippen molar-refractivity contribution < 1.29 is 52.2 Å². The molecule has 0 bridgehead atoms. The fraction of sp³-hybridized carbons (Fsp3) is 0.609. The number of aliphatic hydroxyl groups excluding tert-OH is 1. The Hall–Kier alpha value is -4.38. The Morgan fingerprint density at radius 3 is 1.09 bits per heavy atom. The fourth-order valence-electron chi connectivity index (χ4n) is 7.17. The molecule has 12 heteroatoms. The van der Waals surface area contributed by atoms with E-state index in [1.807, 2.05) is 0 Å². The molecule has 3 unspecified atom stereocenters. The molecule has 0 aromatic carbocycles. The molecule has 430 valence electrons. The lowest BCUT2D eigenvalue weighted by atomic mass is 10.1. The lowest BCUT2D eigenvalue weighted by Gasteiger charge is -2.21. The Bertz CT molecular complexity index is 1780. The van der Waals surface area contributed by atoms with E-state index >= 15 is 0 Å². The number of phosphoric ester groups is 1. The number of phosphoric acid groups is 1. The van der Waals surface area contributed by atoms with E-state index in [1.165, 1.54) is 19.3 Å². The maximum Gasteiger partial charge on any atom is 0.472 e. The molecule has 0 saturated carbocycles.